The van der Waals surface area contributed by atoms with Crippen molar-refractivity contribution in [2.24, 2.45) is 17.8 Å². The summed E-state index contributed by atoms with van der Waals surface area (Å²) in [7, 11) is 0. The third kappa shape index (κ3) is 3.19. The molecule has 3 atom stereocenters. The number of carboxylic acids is 1. The normalized spacial score (nSPS) is 26.9. The Labute approximate surface area is 119 Å². The molecule has 112 valence electrons. The largest absolute Gasteiger partial charge is 0.481 e. The number of likely N-dealkylation sites (tertiary alicyclic amines) is 1. The highest BCUT2D eigenvalue weighted by atomic mass is 16.4. The number of imide groups is 1. The van der Waals surface area contributed by atoms with Crippen LogP contribution < -0.4 is 0 Å². The maximum Gasteiger partial charge on any atom is 0.303 e. The van der Waals surface area contributed by atoms with Crippen LogP contribution in [0.25, 0.3) is 0 Å². The monoisotopic (exact) mass is 281 g/mol. The highest BCUT2D eigenvalue weighted by Crippen LogP contribution is 2.38. The van der Waals surface area contributed by atoms with Gasteiger partial charge in [0.1, 0.15) is 0 Å². The van der Waals surface area contributed by atoms with Crippen LogP contribution in [0.3, 0.4) is 0 Å². The lowest BCUT2D eigenvalue weighted by molar-refractivity contribution is -0.153. The summed E-state index contributed by atoms with van der Waals surface area (Å²) in [6, 6.07) is 0. The fourth-order valence-corrected chi connectivity index (χ4v) is 3.39. The van der Waals surface area contributed by atoms with Gasteiger partial charge in [0.2, 0.25) is 11.8 Å². The van der Waals surface area contributed by atoms with Gasteiger partial charge >= 0.3 is 5.97 Å². The molecule has 1 heterocycles. The molecule has 3 unspecified atom stereocenters. The van der Waals surface area contributed by atoms with Crippen molar-refractivity contribution in [1.82, 2.24) is 4.90 Å². The molecule has 1 saturated heterocycles. The van der Waals surface area contributed by atoms with Gasteiger partial charge in [-0.2, -0.15) is 0 Å². The van der Waals surface area contributed by atoms with Crippen molar-refractivity contribution in [2.75, 3.05) is 6.54 Å². The number of hydrogen-bond acceptors (Lipinski definition) is 3. The number of rotatable bonds is 7. The van der Waals surface area contributed by atoms with E-state index in [1.807, 2.05) is 6.92 Å². The topological polar surface area (TPSA) is 74.7 Å². The Morgan fingerprint density at radius 3 is 2.35 bits per heavy atom. The highest BCUT2D eigenvalue weighted by Gasteiger charge is 2.44. The van der Waals surface area contributed by atoms with E-state index in [0.29, 0.717) is 13.0 Å². The smallest absolute Gasteiger partial charge is 0.303 e. The van der Waals surface area contributed by atoms with Gasteiger partial charge in [0.25, 0.3) is 0 Å². The van der Waals surface area contributed by atoms with Crippen molar-refractivity contribution in [3.8, 4) is 0 Å². The molecular weight excluding hydrogens is 258 g/mol. The molecule has 2 bridgehead atoms. The van der Waals surface area contributed by atoms with Crippen LogP contribution in [0.15, 0.2) is 0 Å². The average Bonchev–Trinajstić information content (AvgIpc) is 2.86. The molecule has 0 spiro atoms. The summed E-state index contributed by atoms with van der Waals surface area (Å²) in [6.07, 6.45) is 4.83. The van der Waals surface area contributed by atoms with E-state index in [1.54, 1.807) is 0 Å². The van der Waals surface area contributed by atoms with E-state index in [9.17, 15) is 14.4 Å². The van der Waals surface area contributed by atoms with Crippen molar-refractivity contribution < 1.29 is 19.5 Å². The molecule has 2 aliphatic rings. The summed E-state index contributed by atoms with van der Waals surface area (Å²) >= 11 is 0. The summed E-state index contributed by atoms with van der Waals surface area (Å²) in [6.45, 7) is 2.48. The molecule has 5 nitrogen and oxygen atoms in total. The Morgan fingerprint density at radius 2 is 1.85 bits per heavy atom. The molecule has 2 amide bonds. The number of carbonyl (C=O) groups excluding carboxylic acids is 2. The van der Waals surface area contributed by atoms with E-state index in [0.717, 1.165) is 32.1 Å². The van der Waals surface area contributed by atoms with Crippen LogP contribution in [0.5, 0.6) is 0 Å². The van der Waals surface area contributed by atoms with Crippen LogP contribution >= 0.6 is 0 Å². The van der Waals surface area contributed by atoms with Gasteiger partial charge in [-0.15, -0.1) is 0 Å². The third-order valence-electron chi connectivity index (χ3n) is 4.77. The SMILES string of the molecule is CCC(CCC(=O)O)CCN1C(=O)C2CCC(C2)C1=O. The van der Waals surface area contributed by atoms with Crippen LogP contribution in [0.1, 0.15) is 51.9 Å². The van der Waals surface area contributed by atoms with Gasteiger partial charge in [-0.25, -0.2) is 0 Å². The number of aliphatic carboxylic acids is 1. The van der Waals surface area contributed by atoms with Crippen LogP contribution in [-0.4, -0.2) is 34.3 Å². The summed E-state index contributed by atoms with van der Waals surface area (Å²) in [5.74, 6) is -0.417. The van der Waals surface area contributed by atoms with Crippen molar-refractivity contribution in [3.05, 3.63) is 0 Å². The van der Waals surface area contributed by atoms with Gasteiger partial charge < -0.3 is 5.11 Å². The third-order valence-corrected chi connectivity index (χ3v) is 4.77. The number of fused-ring (bicyclic) bond motifs is 2. The molecule has 1 aliphatic carbocycles. The predicted octanol–water partition coefficient (Wildman–Crippen LogP) is 2.05. The molecule has 0 aromatic heterocycles. The lowest BCUT2D eigenvalue weighted by Crippen LogP contribution is -2.46. The average molecular weight is 281 g/mol. The zero-order valence-corrected chi connectivity index (χ0v) is 12.0. The van der Waals surface area contributed by atoms with E-state index in [-0.39, 0.29) is 36.0 Å². The summed E-state index contributed by atoms with van der Waals surface area (Å²) in [5, 5.41) is 8.72. The number of piperidine rings is 1. The van der Waals surface area contributed by atoms with E-state index >= 15 is 0 Å². The lowest BCUT2D eigenvalue weighted by Gasteiger charge is -2.30. The lowest BCUT2D eigenvalue weighted by atomic mass is 9.93. The van der Waals surface area contributed by atoms with E-state index < -0.39 is 5.97 Å². The van der Waals surface area contributed by atoms with Crippen molar-refractivity contribution >= 4 is 17.8 Å². The minimum Gasteiger partial charge on any atom is -0.481 e. The predicted molar refractivity (Wildman–Crippen MR) is 72.8 cm³/mol. The molecule has 0 aromatic carbocycles. The first-order chi connectivity index (χ1) is 9.52. The van der Waals surface area contributed by atoms with E-state index in [2.05, 4.69) is 0 Å². The highest BCUT2D eigenvalue weighted by molar-refractivity contribution is 6.00. The Bertz CT molecular complexity index is 385. The molecule has 1 saturated carbocycles. The summed E-state index contributed by atoms with van der Waals surface area (Å²) in [4.78, 5) is 36.4. The molecule has 0 radical (unpaired) electrons. The molecular formula is C15H23NO4. The van der Waals surface area contributed by atoms with E-state index in [1.165, 1.54) is 4.90 Å². The van der Waals surface area contributed by atoms with Crippen molar-refractivity contribution in [1.29, 1.82) is 0 Å². The molecule has 5 heteroatoms. The maximum absolute atomic E-state index is 12.2. The zero-order chi connectivity index (χ0) is 14.7. The summed E-state index contributed by atoms with van der Waals surface area (Å²) < 4.78 is 0. The Kier molecular flexibility index (Phi) is 4.78. The second-order valence-corrected chi connectivity index (χ2v) is 6.03. The maximum atomic E-state index is 12.2. The van der Waals surface area contributed by atoms with Gasteiger partial charge in [-0.05, 0) is 38.0 Å². The molecule has 2 fully saturated rings. The van der Waals surface area contributed by atoms with Crippen LogP contribution in [0.4, 0.5) is 0 Å². The summed E-state index contributed by atoms with van der Waals surface area (Å²) in [5.41, 5.74) is 0. The Balaban J connectivity index is 1.87. The fourth-order valence-electron chi connectivity index (χ4n) is 3.39. The number of carbonyl (C=O) groups is 3. The Hall–Kier alpha value is -1.39. The number of hydrogen-bond donors (Lipinski definition) is 1. The molecule has 2 rings (SSSR count). The van der Waals surface area contributed by atoms with Gasteiger partial charge in [0.05, 0.1) is 0 Å². The molecule has 1 N–H and O–H groups in total. The molecule has 20 heavy (non-hydrogen) atoms. The van der Waals surface area contributed by atoms with Crippen molar-refractivity contribution in [2.45, 2.75) is 51.9 Å². The van der Waals surface area contributed by atoms with Gasteiger partial charge in [0.15, 0.2) is 0 Å². The van der Waals surface area contributed by atoms with Crippen LogP contribution in [0, 0.1) is 17.8 Å². The van der Waals surface area contributed by atoms with Crippen LogP contribution in [0.2, 0.25) is 0 Å². The standard InChI is InChI=1S/C15H23NO4/c1-2-10(3-6-13(17)18)7-8-16-14(19)11-4-5-12(9-11)15(16)20/h10-12H,2-9H2,1H3,(H,17,18). The van der Waals surface area contributed by atoms with E-state index in [4.69, 9.17) is 5.11 Å². The van der Waals surface area contributed by atoms with Gasteiger partial charge in [-0.1, -0.05) is 13.3 Å². The van der Waals surface area contributed by atoms with Gasteiger partial charge in [-0.3, -0.25) is 19.3 Å². The zero-order valence-electron chi connectivity index (χ0n) is 12.0. The fraction of sp³-hybridized carbons (Fsp3) is 0.800. The van der Waals surface area contributed by atoms with Crippen molar-refractivity contribution in [3.63, 3.8) is 0 Å². The molecule has 0 aromatic rings. The Morgan fingerprint density at radius 1 is 1.25 bits per heavy atom. The first-order valence-electron chi connectivity index (χ1n) is 7.60. The number of nitrogens with zero attached hydrogens (tertiary/aromatic N) is 1. The molecule has 1 aliphatic heterocycles. The van der Waals surface area contributed by atoms with Gasteiger partial charge in [0, 0.05) is 24.8 Å². The second-order valence-electron chi connectivity index (χ2n) is 6.03. The first kappa shape index (κ1) is 15.0. The number of amides is 2. The number of carboxylic acid groups (broad SMARTS) is 1. The second kappa shape index (κ2) is 6.37. The van der Waals surface area contributed by atoms with Crippen LogP contribution in [-0.2, 0) is 14.4 Å². The minimum absolute atomic E-state index is 0.00293. The minimum atomic E-state index is -0.786. The first-order valence-corrected chi connectivity index (χ1v) is 7.60. The quantitative estimate of drug-likeness (QED) is 0.725.